The van der Waals surface area contributed by atoms with Gasteiger partial charge in [-0.3, -0.25) is 0 Å². The molecule has 4 heteroatoms. The molecule has 1 aliphatic heterocycles. The maximum Gasteiger partial charge on any atom is 0.324 e. The molecule has 104 valence electrons. The van der Waals surface area contributed by atoms with Crippen molar-refractivity contribution in [3.63, 3.8) is 0 Å². The lowest BCUT2D eigenvalue weighted by atomic mass is 9.64. The van der Waals surface area contributed by atoms with E-state index in [0.717, 1.165) is 18.0 Å². The predicted molar refractivity (Wildman–Crippen MR) is 83.7 cm³/mol. The Morgan fingerprint density at radius 2 is 1.85 bits per heavy atom. The predicted octanol–water partition coefficient (Wildman–Crippen LogP) is 2.80. The molecule has 0 fully saturated rings. The second-order valence-electron chi connectivity index (χ2n) is 4.64. The molecule has 2 aromatic rings. The summed E-state index contributed by atoms with van der Waals surface area (Å²) in [5.41, 5.74) is 7.34. The lowest BCUT2D eigenvalue weighted by Gasteiger charge is -2.07. The fourth-order valence-corrected chi connectivity index (χ4v) is 2.08. The van der Waals surface area contributed by atoms with Crippen molar-refractivity contribution in [3.05, 3.63) is 54.1 Å². The zero-order chi connectivity index (χ0) is 14.4. The average molecular weight is 269 g/mol. The van der Waals surface area contributed by atoms with Crippen molar-refractivity contribution in [1.82, 2.24) is 0 Å². The van der Waals surface area contributed by atoms with Crippen LogP contribution >= 0.6 is 0 Å². The Morgan fingerprint density at radius 1 is 1.15 bits per heavy atom. The molecule has 0 radical (unpaired) electrons. The fourth-order valence-electron chi connectivity index (χ4n) is 2.08. The SMILES string of the molecule is CB1OCc2ccc(Oc3ccccc3)cc21.CCN. The lowest BCUT2D eigenvalue weighted by Crippen LogP contribution is -2.24. The average Bonchev–Trinajstić information content (AvgIpc) is 2.82. The Labute approximate surface area is 120 Å². The van der Waals surface area contributed by atoms with Crippen LogP contribution in [0.15, 0.2) is 48.5 Å². The molecule has 0 bridgehead atoms. The third-order valence-corrected chi connectivity index (χ3v) is 3.02. The van der Waals surface area contributed by atoms with Gasteiger partial charge in [0.25, 0.3) is 0 Å². The van der Waals surface area contributed by atoms with Crippen LogP contribution in [-0.2, 0) is 11.3 Å². The van der Waals surface area contributed by atoms with E-state index in [2.05, 4.69) is 19.0 Å². The van der Waals surface area contributed by atoms with Crippen LogP contribution in [0.2, 0.25) is 6.82 Å². The molecule has 3 nitrogen and oxygen atoms in total. The zero-order valence-corrected chi connectivity index (χ0v) is 12.0. The highest BCUT2D eigenvalue weighted by Crippen LogP contribution is 2.22. The van der Waals surface area contributed by atoms with E-state index in [1.165, 1.54) is 11.0 Å². The minimum atomic E-state index is 0.171. The van der Waals surface area contributed by atoms with Gasteiger partial charge in [-0.1, -0.05) is 38.0 Å². The smallest absolute Gasteiger partial charge is 0.324 e. The first-order chi connectivity index (χ1) is 9.74. The number of rotatable bonds is 2. The van der Waals surface area contributed by atoms with E-state index in [9.17, 15) is 0 Å². The van der Waals surface area contributed by atoms with E-state index in [0.29, 0.717) is 6.61 Å². The van der Waals surface area contributed by atoms with Crippen LogP contribution in [0.5, 0.6) is 11.5 Å². The Bertz CT molecular complexity index is 545. The number of para-hydroxylation sites is 1. The number of fused-ring (bicyclic) bond motifs is 1. The highest BCUT2D eigenvalue weighted by molar-refractivity contribution is 6.67. The van der Waals surface area contributed by atoms with Gasteiger partial charge >= 0.3 is 6.92 Å². The van der Waals surface area contributed by atoms with Crippen molar-refractivity contribution in [2.24, 2.45) is 5.73 Å². The third-order valence-electron chi connectivity index (χ3n) is 3.02. The normalized spacial score (nSPS) is 12.4. The molecule has 0 amide bonds. The number of benzene rings is 2. The van der Waals surface area contributed by atoms with Gasteiger partial charge in [0.1, 0.15) is 11.5 Å². The minimum absolute atomic E-state index is 0.171. The molecule has 0 atom stereocenters. The summed E-state index contributed by atoms with van der Waals surface area (Å²) in [7, 11) is 0. The van der Waals surface area contributed by atoms with E-state index in [1.54, 1.807) is 0 Å². The number of hydrogen-bond donors (Lipinski definition) is 1. The van der Waals surface area contributed by atoms with Gasteiger partial charge in [0, 0.05) is 0 Å². The lowest BCUT2D eigenvalue weighted by molar-refractivity contribution is 0.333. The summed E-state index contributed by atoms with van der Waals surface area (Å²) in [5, 5.41) is 0. The molecular weight excluding hydrogens is 249 g/mol. The summed E-state index contributed by atoms with van der Waals surface area (Å²) >= 11 is 0. The molecule has 1 aliphatic rings. The molecule has 2 aromatic carbocycles. The minimum Gasteiger partial charge on any atom is -0.457 e. The van der Waals surface area contributed by atoms with Crippen LogP contribution < -0.4 is 15.9 Å². The first kappa shape index (κ1) is 14.6. The molecule has 0 aliphatic carbocycles. The van der Waals surface area contributed by atoms with Crippen molar-refractivity contribution in [2.45, 2.75) is 20.4 Å². The Hall–Kier alpha value is -1.78. The summed E-state index contributed by atoms with van der Waals surface area (Å²) in [6, 6.07) is 16.0. The van der Waals surface area contributed by atoms with Gasteiger partial charge in [0.05, 0.1) is 6.61 Å². The summed E-state index contributed by atoms with van der Waals surface area (Å²) in [5.74, 6) is 1.73. The molecule has 0 saturated carbocycles. The molecular formula is C16H20BNO2. The topological polar surface area (TPSA) is 44.5 Å². The van der Waals surface area contributed by atoms with Gasteiger partial charge < -0.3 is 15.1 Å². The molecule has 3 rings (SSSR count). The molecule has 20 heavy (non-hydrogen) atoms. The third kappa shape index (κ3) is 3.62. The summed E-state index contributed by atoms with van der Waals surface area (Å²) in [6.45, 7) is 5.60. The van der Waals surface area contributed by atoms with E-state index in [1.807, 2.05) is 43.3 Å². The maximum absolute atomic E-state index is 5.80. The quantitative estimate of drug-likeness (QED) is 0.852. The van der Waals surface area contributed by atoms with Crippen molar-refractivity contribution >= 4 is 12.4 Å². The van der Waals surface area contributed by atoms with Gasteiger partial charge in [-0.2, -0.15) is 0 Å². The molecule has 0 spiro atoms. The van der Waals surface area contributed by atoms with Crippen LogP contribution in [-0.4, -0.2) is 13.5 Å². The van der Waals surface area contributed by atoms with Gasteiger partial charge in [0.2, 0.25) is 0 Å². The summed E-state index contributed by atoms with van der Waals surface area (Å²) in [6.07, 6.45) is 0. The highest BCUT2D eigenvalue weighted by Gasteiger charge is 2.23. The van der Waals surface area contributed by atoms with Crippen molar-refractivity contribution in [1.29, 1.82) is 0 Å². The molecule has 0 unspecified atom stereocenters. The van der Waals surface area contributed by atoms with E-state index >= 15 is 0 Å². The molecule has 1 heterocycles. The Kier molecular flexibility index (Phi) is 5.21. The number of ether oxygens (including phenoxy) is 1. The second-order valence-corrected chi connectivity index (χ2v) is 4.64. The number of nitrogens with two attached hydrogens (primary N) is 1. The van der Waals surface area contributed by atoms with Crippen molar-refractivity contribution < 1.29 is 9.39 Å². The zero-order valence-electron chi connectivity index (χ0n) is 12.0. The molecule has 0 aromatic heterocycles. The van der Waals surface area contributed by atoms with Crippen LogP contribution in [0, 0.1) is 0 Å². The highest BCUT2D eigenvalue weighted by atomic mass is 16.5. The fraction of sp³-hybridized carbons (Fsp3) is 0.250. The van der Waals surface area contributed by atoms with Gasteiger partial charge in [-0.15, -0.1) is 0 Å². The monoisotopic (exact) mass is 269 g/mol. The van der Waals surface area contributed by atoms with E-state index in [4.69, 9.17) is 15.1 Å². The Morgan fingerprint density at radius 3 is 2.55 bits per heavy atom. The summed E-state index contributed by atoms with van der Waals surface area (Å²) in [4.78, 5) is 0. The molecule has 0 saturated heterocycles. The summed E-state index contributed by atoms with van der Waals surface area (Å²) < 4.78 is 11.4. The second kappa shape index (κ2) is 7.13. The van der Waals surface area contributed by atoms with E-state index in [-0.39, 0.29) is 6.92 Å². The van der Waals surface area contributed by atoms with E-state index < -0.39 is 0 Å². The first-order valence-electron chi connectivity index (χ1n) is 6.92. The Balaban J connectivity index is 0.000000452. The number of hydrogen-bond acceptors (Lipinski definition) is 3. The van der Waals surface area contributed by atoms with Crippen LogP contribution in [0.4, 0.5) is 0 Å². The van der Waals surface area contributed by atoms with Gasteiger partial charge in [-0.05, 0) is 41.8 Å². The standard InChI is InChI=1S/C14H13BO2.C2H7N/c1-15-14-9-13(8-7-11(14)10-16-15)17-12-5-3-2-4-6-12;1-2-3/h2-9H,10H2,1H3;2-3H2,1H3. The van der Waals surface area contributed by atoms with Crippen LogP contribution in [0.1, 0.15) is 12.5 Å². The maximum atomic E-state index is 5.80. The van der Waals surface area contributed by atoms with Crippen molar-refractivity contribution in [2.75, 3.05) is 6.54 Å². The first-order valence-corrected chi connectivity index (χ1v) is 6.92. The van der Waals surface area contributed by atoms with Crippen molar-refractivity contribution in [3.8, 4) is 11.5 Å². The molecule has 2 N–H and O–H groups in total. The van der Waals surface area contributed by atoms with Gasteiger partial charge in [0.15, 0.2) is 0 Å². The van der Waals surface area contributed by atoms with Gasteiger partial charge in [-0.25, -0.2) is 0 Å². The van der Waals surface area contributed by atoms with Crippen LogP contribution in [0.3, 0.4) is 0 Å². The largest absolute Gasteiger partial charge is 0.457 e. The van der Waals surface area contributed by atoms with Crippen LogP contribution in [0.25, 0.3) is 0 Å².